The van der Waals surface area contributed by atoms with Crippen LogP contribution >= 0.6 is 0 Å². The van der Waals surface area contributed by atoms with Gasteiger partial charge in [-0.2, -0.15) is 5.10 Å². The van der Waals surface area contributed by atoms with Crippen LogP contribution in [-0.2, 0) is 11.2 Å². The van der Waals surface area contributed by atoms with Gasteiger partial charge >= 0.3 is 5.97 Å². The quantitative estimate of drug-likeness (QED) is 0.912. The molecule has 6 nitrogen and oxygen atoms in total. The summed E-state index contributed by atoms with van der Waals surface area (Å²) in [5.74, 6) is -1.03. The van der Waals surface area contributed by atoms with Crippen LogP contribution in [0.1, 0.15) is 42.4 Å². The Morgan fingerprint density at radius 2 is 2.14 bits per heavy atom. The van der Waals surface area contributed by atoms with Crippen LogP contribution in [0.5, 0.6) is 0 Å². The van der Waals surface area contributed by atoms with Crippen molar-refractivity contribution in [3.05, 3.63) is 35.7 Å². The van der Waals surface area contributed by atoms with E-state index in [0.717, 1.165) is 16.8 Å². The first-order chi connectivity index (χ1) is 10.5. The van der Waals surface area contributed by atoms with E-state index >= 15 is 0 Å². The third-order valence-corrected chi connectivity index (χ3v) is 3.78. The van der Waals surface area contributed by atoms with Crippen LogP contribution in [0.4, 0.5) is 5.69 Å². The number of aromatic nitrogens is 2. The van der Waals surface area contributed by atoms with Gasteiger partial charge in [0.05, 0.1) is 0 Å². The Labute approximate surface area is 127 Å². The van der Waals surface area contributed by atoms with E-state index in [0.29, 0.717) is 18.4 Å². The third kappa shape index (κ3) is 2.47. The smallest absolute Gasteiger partial charge is 0.357 e. The topological polar surface area (TPSA) is 84.2 Å². The number of fused-ring (bicyclic) bond motifs is 1. The maximum Gasteiger partial charge on any atom is 0.357 e. The summed E-state index contributed by atoms with van der Waals surface area (Å²) >= 11 is 0. The number of aromatic carboxylic acids is 1. The Bertz CT molecular complexity index is 762. The molecule has 0 saturated carbocycles. The van der Waals surface area contributed by atoms with Crippen LogP contribution in [0.2, 0.25) is 0 Å². The molecule has 2 N–H and O–H groups in total. The van der Waals surface area contributed by atoms with Crippen molar-refractivity contribution in [3.63, 3.8) is 0 Å². The predicted molar refractivity (Wildman–Crippen MR) is 82.0 cm³/mol. The molecule has 0 radical (unpaired) electrons. The van der Waals surface area contributed by atoms with E-state index in [1.54, 1.807) is 10.9 Å². The summed E-state index contributed by atoms with van der Waals surface area (Å²) in [5, 5.41) is 16.3. The molecule has 0 saturated heterocycles. The molecule has 6 heteroatoms. The molecule has 0 bridgehead atoms. The van der Waals surface area contributed by atoms with Gasteiger partial charge in [0.25, 0.3) is 0 Å². The van der Waals surface area contributed by atoms with Crippen molar-refractivity contribution >= 4 is 17.6 Å². The highest BCUT2D eigenvalue weighted by molar-refractivity contribution is 5.96. The second kappa shape index (κ2) is 5.29. The number of nitrogens with one attached hydrogen (secondary N) is 1. The number of anilines is 1. The molecule has 114 valence electrons. The standard InChI is InChI=1S/C16H17N3O3/c1-9(2)19-8-12(15(18-19)16(21)22)10-3-5-13-11(7-10)4-6-14(20)17-13/h3,5,7-9H,4,6H2,1-2H3,(H,17,20)(H,21,22). The number of hydrogen-bond acceptors (Lipinski definition) is 3. The molecule has 0 unspecified atom stereocenters. The van der Waals surface area contributed by atoms with Crippen LogP contribution in [-0.4, -0.2) is 26.8 Å². The Morgan fingerprint density at radius 1 is 1.36 bits per heavy atom. The SMILES string of the molecule is CC(C)n1cc(-c2ccc3c(c2)CCC(=O)N3)c(C(=O)O)n1. The molecular weight excluding hydrogens is 282 g/mol. The highest BCUT2D eigenvalue weighted by atomic mass is 16.4. The molecule has 1 aromatic carbocycles. The highest BCUT2D eigenvalue weighted by Crippen LogP contribution is 2.30. The maximum absolute atomic E-state index is 11.4. The molecular formula is C16H17N3O3. The molecule has 1 aliphatic heterocycles. The zero-order chi connectivity index (χ0) is 15.9. The number of benzene rings is 1. The lowest BCUT2D eigenvalue weighted by Gasteiger charge is -2.17. The van der Waals surface area contributed by atoms with E-state index in [9.17, 15) is 14.7 Å². The average molecular weight is 299 g/mol. The van der Waals surface area contributed by atoms with E-state index in [-0.39, 0.29) is 17.6 Å². The van der Waals surface area contributed by atoms with Gasteiger partial charge in [0.15, 0.2) is 5.69 Å². The number of carbonyl (C=O) groups is 2. The number of carbonyl (C=O) groups excluding carboxylic acids is 1. The molecule has 0 atom stereocenters. The van der Waals surface area contributed by atoms with Crippen molar-refractivity contribution in [2.75, 3.05) is 5.32 Å². The number of carboxylic acids is 1. The van der Waals surface area contributed by atoms with Gasteiger partial charge in [-0.1, -0.05) is 6.07 Å². The van der Waals surface area contributed by atoms with Crippen molar-refractivity contribution in [1.82, 2.24) is 9.78 Å². The van der Waals surface area contributed by atoms with Crippen molar-refractivity contribution in [3.8, 4) is 11.1 Å². The zero-order valence-electron chi connectivity index (χ0n) is 12.5. The first kappa shape index (κ1) is 14.3. The first-order valence-electron chi connectivity index (χ1n) is 7.21. The summed E-state index contributed by atoms with van der Waals surface area (Å²) in [6.07, 6.45) is 2.88. The molecule has 2 heterocycles. The lowest BCUT2D eigenvalue weighted by atomic mass is 9.97. The number of amides is 1. The molecule has 0 spiro atoms. The lowest BCUT2D eigenvalue weighted by Crippen LogP contribution is -2.18. The van der Waals surface area contributed by atoms with Gasteiger partial charge in [0, 0.05) is 29.9 Å². The van der Waals surface area contributed by atoms with Crippen molar-refractivity contribution in [1.29, 1.82) is 0 Å². The summed E-state index contributed by atoms with van der Waals surface area (Å²) in [4.78, 5) is 22.8. The van der Waals surface area contributed by atoms with Crippen molar-refractivity contribution < 1.29 is 14.7 Å². The average Bonchev–Trinajstić information content (AvgIpc) is 2.92. The van der Waals surface area contributed by atoms with Gasteiger partial charge in [-0.3, -0.25) is 9.48 Å². The maximum atomic E-state index is 11.4. The van der Waals surface area contributed by atoms with E-state index < -0.39 is 5.97 Å². The van der Waals surface area contributed by atoms with E-state index in [2.05, 4.69) is 10.4 Å². The number of nitrogens with zero attached hydrogens (tertiary/aromatic N) is 2. The van der Waals surface area contributed by atoms with Crippen molar-refractivity contribution in [2.24, 2.45) is 0 Å². The molecule has 1 amide bonds. The predicted octanol–water partition coefficient (Wildman–Crippen LogP) is 2.71. The van der Waals surface area contributed by atoms with Crippen LogP contribution in [0.15, 0.2) is 24.4 Å². The highest BCUT2D eigenvalue weighted by Gasteiger charge is 2.20. The minimum Gasteiger partial charge on any atom is -0.476 e. The molecule has 0 aliphatic carbocycles. The van der Waals surface area contributed by atoms with Crippen LogP contribution in [0.3, 0.4) is 0 Å². The molecule has 0 fully saturated rings. The van der Waals surface area contributed by atoms with Crippen molar-refractivity contribution in [2.45, 2.75) is 32.7 Å². The van der Waals surface area contributed by atoms with Gasteiger partial charge in [-0.25, -0.2) is 4.79 Å². The van der Waals surface area contributed by atoms with Gasteiger partial charge in [-0.15, -0.1) is 0 Å². The Morgan fingerprint density at radius 3 is 2.82 bits per heavy atom. The lowest BCUT2D eigenvalue weighted by molar-refractivity contribution is -0.116. The van der Waals surface area contributed by atoms with Crippen LogP contribution in [0, 0.1) is 0 Å². The Kier molecular flexibility index (Phi) is 3.44. The normalized spacial score (nSPS) is 13.9. The summed E-state index contributed by atoms with van der Waals surface area (Å²) < 4.78 is 1.65. The minimum absolute atomic E-state index is 0.0131. The molecule has 3 rings (SSSR count). The molecule has 1 aliphatic rings. The van der Waals surface area contributed by atoms with Gasteiger partial charge in [-0.05, 0) is 43.5 Å². The third-order valence-electron chi connectivity index (χ3n) is 3.78. The summed E-state index contributed by atoms with van der Waals surface area (Å²) in [7, 11) is 0. The fourth-order valence-corrected chi connectivity index (χ4v) is 2.58. The largest absolute Gasteiger partial charge is 0.476 e. The molecule has 22 heavy (non-hydrogen) atoms. The number of rotatable bonds is 3. The number of aryl methyl sites for hydroxylation is 1. The van der Waals surface area contributed by atoms with E-state index in [1.165, 1.54) is 0 Å². The monoisotopic (exact) mass is 299 g/mol. The van der Waals surface area contributed by atoms with Gasteiger partial charge < -0.3 is 10.4 Å². The number of carboxylic acid groups (broad SMARTS) is 1. The second-order valence-corrected chi connectivity index (χ2v) is 5.69. The van der Waals surface area contributed by atoms with Gasteiger partial charge in [0.2, 0.25) is 5.91 Å². The molecule has 1 aromatic heterocycles. The fourth-order valence-electron chi connectivity index (χ4n) is 2.58. The van der Waals surface area contributed by atoms with Gasteiger partial charge in [0.1, 0.15) is 0 Å². The zero-order valence-corrected chi connectivity index (χ0v) is 12.5. The molecule has 2 aromatic rings. The first-order valence-corrected chi connectivity index (χ1v) is 7.21. The summed E-state index contributed by atoms with van der Waals surface area (Å²) in [5.41, 5.74) is 3.27. The Balaban J connectivity index is 2.07. The van der Waals surface area contributed by atoms with E-state index in [1.807, 2.05) is 32.0 Å². The summed E-state index contributed by atoms with van der Waals surface area (Å²) in [6, 6.07) is 5.66. The fraction of sp³-hybridized carbons (Fsp3) is 0.312. The Hall–Kier alpha value is -2.63. The van der Waals surface area contributed by atoms with Crippen LogP contribution < -0.4 is 5.32 Å². The summed E-state index contributed by atoms with van der Waals surface area (Å²) in [6.45, 7) is 3.90. The minimum atomic E-state index is -1.04. The van der Waals surface area contributed by atoms with E-state index in [4.69, 9.17) is 0 Å². The second-order valence-electron chi connectivity index (χ2n) is 5.69. The van der Waals surface area contributed by atoms with Crippen LogP contribution in [0.25, 0.3) is 11.1 Å². The number of hydrogen-bond donors (Lipinski definition) is 2.